The van der Waals surface area contributed by atoms with Crippen molar-refractivity contribution in [2.24, 2.45) is 5.73 Å². The van der Waals surface area contributed by atoms with Crippen LogP contribution in [-0.4, -0.2) is 38.8 Å². The number of ether oxygens (including phenoxy) is 2. The molecular formula is C17H23ClN2O3. The van der Waals surface area contributed by atoms with E-state index in [1.165, 1.54) is 5.39 Å². The second-order valence-electron chi connectivity index (χ2n) is 5.00. The first-order valence-corrected chi connectivity index (χ1v) is 7.34. The van der Waals surface area contributed by atoms with Crippen molar-refractivity contribution in [3.05, 3.63) is 42.5 Å². The van der Waals surface area contributed by atoms with Crippen LogP contribution < -0.4 is 15.8 Å². The smallest absolute Gasteiger partial charge is 0.222 e. The first kappa shape index (κ1) is 19.2. The third kappa shape index (κ3) is 6.06. The highest BCUT2D eigenvalue weighted by atomic mass is 35.5. The molecule has 23 heavy (non-hydrogen) atoms. The minimum Gasteiger partial charge on any atom is -0.492 e. The van der Waals surface area contributed by atoms with Gasteiger partial charge in [0.1, 0.15) is 12.4 Å². The Bertz CT molecular complexity index is 618. The number of methoxy groups -OCH3 is 1. The number of hydrogen-bond donors (Lipinski definition) is 2. The molecule has 0 aromatic heterocycles. The van der Waals surface area contributed by atoms with Gasteiger partial charge in [0.25, 0.3) is 0 Å². The van der Waals surface area contributed by atoms with Crippen molar-refractivity contribution in [3.63, 3.8) is 0 Å². The zero-order chi connectivity index (χ0) is 15.8. The maximum absolute atomic E-state index is 11.7. The molecule has 1 atom stereocenters. The second-order valence-corrected chi connectivity index (χ2v) is 5.00. The molecule has 0 saturated heterocycles. The number of benzene rings is 2. The zero-order valence-corrected chi connectivity index (χ0v) is 14.0. The van der Waals surface area contributed by atoms with E-state index in [0.717, 1.165) is 11.1 Å². The van der Waals surface area contributed by atoms with Crippen molar-refractivity contribution in [2.45, 2.75) is 12.5 Å². The van der Waals surface area contributed by atoms with Gasteiger partial charge in [-0.05, 0) is 22.9 Å². The van der Waals surface area contributed by atoms with Crippen molar-refractivity contribution < 1.29 is 14.3 Å². The fourth-order valence-electron chi connectivity index (χ4n) is 2.16. The quantitative estimate of drug-likeness (QED) is 0.723. The van der Waals surface area contributed by atoms with Crippen molar-refractivity contribution in [1.82, 2.24) is 5.32 Å². The predicted molar refractivity (Wildman–Crippen MR) is 94.2 cm³/mol. The predicted octanol–water partition coefficient (Wildman–Crippen LogP) is 2.12. The Labute approximate surface area is 142 Å². The van der Waals surface area contributed by atoms with E-state index in [2.05, 4.69) is 11.4 Å². The molecule has 5 nitrogen and oxygen atoms in total. The van der Waals surface area contributed by atoms with Crippen LogP contribution in [0.1, 0.15) is 6.42 Å². The summed E-state index contributed by atoms with van der Waals surface area (Å²) in [5.74, 6) is 0.712. The molecule has 0 bridgehead atoms. The molecule has 0 aliphatic rings. The van der Waals surface area contributed by atoms with E-state index >= 15 is 0 Å². The first-order valence-electron chi connectivity index (χ1n) is 7.34. The molecule has 0 fully saturated rings. The van der Waals surface area contributed by atoms with Gasteiger partial charge in [0.15, 0.2) is 0 Å². The summed E-state index contributed by atoms with van der Waals surface area (Å²) in [5, 5.41) is 5.10. The Hall–Kier alpha value is -1.82. The Kier molecular flexibility index (Phi) is 8.40. The summed E-state index contributed by atoms with van der Waals surface area (Å²) in [6.07, 6.45) is 0.0320. The lowest BCUT2D eigenvalue weighted by molar-refractivity contribution is -0.123. The Morgan fingerprint density at radius 3 is 2.65 bits per heavy atom. The van der Waals surface area contributed by atoms with E-state index in [1.807, 2.05) is 36.4 Å². The fraction of sp³-hybridized carbons (Fsp3) is 0.353. The standard InChI is InChI=1S/C17H22N2O3.ClH/c1-21-16(12-18)11-17(20)19-8-9-22-15-7-6-13-4-2-3-5-14(13)10-15;/h2-7,10,16H,8-9,11-12,18H2,1H3,(H,19,20);1H. The third-order valence-electron chi connectivity index (χ3n) is 3.42. The SMILES string of the molecule is COC(CN)CC(=O)NCCOc1ccc2ccccc2c1.Cl. The molecule has 0 saturated carbocycles. The van der Waals surface area contributed by atoms with Crippen LogP contribution in [0.3, 0.4) is 0 Å². The van der Waals surface area contributed by atoms with Gasteiger partial charge < -0.3 is 20.5 Å². The van der Waals surface area contributed by atoms with Crippen LogP contribution in [0.25, 0.3) is 10.8 Å². The summed E-state index contributed by atoms with van der Waals surface area (Å²) in [4.78, 5) is 11.7. The summed E-state index contributed by atoms with van der Waals surface area (Å²) < 4.78 is 10.7. The van der Waals surface area contributed by atoms with Crippen molar-refractivity contribution in [2.75, 3.05) is 26.8 Å². The molecule has 0 spiro atoms. The van der Waals surface area contributed by atoms with E-state index in [9.17, 15) is 4.79 Å². The topological polar surface area (TPSA) is 73.6 Å². The van der Waals surface area contributed by atoms with Gasteiger partial charge in [0.2, 0.25) is 5.91 Å². The lowest BCUT2D eigenvalue weighted by atomic mass is 10.1. The lowest BCUT2D eigenvalue weighted by Crippen LogP contribution is -2.34. The van der Waals surface area contributed by atoms with Gasteiger partial charge in [0, 0.05) is 13.7 Å². The van der Waals surface area contributed by atoms with E-state index in [-0.39, 0.29) is 30.8 Å². The average molecular weight is 339 g/mol. The number of nitrogens with one attached hydrogen (secondary N) is 1. The van der Waals surface area contributed by atoms with Gasteiger partial charge in [0.05, 0.1) is 19.1 Å². The number of fused-ring (bicyclic) bond motifs is 1. The molecule has 6 heteroatoms. The molecule has 0 aliphatic heterocycles. The number of nitrogens with two attached hydrogens (primary N) is 1. The highest BCUT2D eigenvalue weighted by molar-refractivity contribution is 5.85. The van der Waals surface area contributed by atoms with Crippen LogP contribution in [0.2, 0.25) is 0 Å². The van der Waals surface area contributed by atoms with E-state index in [4.69, 9.17) is 15.2 Å². The van der Waals surface area contributed by atoms with E-state index in [1.54, 1.807) is 7.11 Å². The van der Waals surface area contributed by atoms with Crippen LogP contribution in [0.15, 0.2) is 42.5 Å². The van der Waals surface area contributed by atoms with Crippen LogP contribution in [0.5, 0.6) is 5.75 Å². The minimum atomic E-state index is -0.235. The minimum absolute atomic E-state index is 0. The van der Waals surface area contributed by atoms with Crippen LogP contribution in [0.4, 0.5) is 0 Å². The molecule has 0 aliphatic carbocycles. The number of rotatable bonds is 8. The summed E-state index contributed by atoms with van der Waals surface area (Å²) in [6, 6.07) is 14.0. The maximum atomic E-state index is 11.7. The summed E-state index contributed by atoms with van der Waals surface area (Å²) >= 11 is 0. The number of halogens is 1. The monoisotopic (exact) mass is 338 g/mol. The first-order chi connectivity index (χ1) is 10.7. The van der Waals surface area contributed by atoms with Crippen molar-refractivity contribution in [1.29, 1.82) is 0 Å². The molecule has 1 unspecified atom stereocenters. The second kappa shape index (κ2) is 10.0. The molecule has 0 radical (unpaired) electrons. The van der Waals surface area contributed by atoms with Gasteiger partial charge in [-0.15, -0.1) is 12.4 Å². The van der Waals surface area contributed by atoms with Gasteiger partial charge in [-0.25, -0.2) is 0 Å². The summed E-state index contributed by atoms with van der Waals surface area (Å²) in [6.45, 7) is 1.20. The van der Waals surface area contributed by atoms with Crippen LogP contribution >= 0.6 is 12.4 Å². The summed E-state index contributed by atoms with van der Waals surface area (Å²) in [7, 11) is 1.55. The number of hydrogen-bond acceptors (Lipinski definition) is 4. The maximum Gasteiger partial charge on any atom is 0.222 e. The average Bonchev–Trinajstić information content (AvgIpc) is 2.56. The molecule has 0 heterocycles. The lowest BCUT2D eigenvalue weighted by Gasteiger charge is -2.13. The van der Waals surface area contributed by atoms with Crippen LogP contribution in [-0.2, 0) is 9.53 Å². The van der Waals surface area contributed by atoms with Crippen LogP contribution in [0, 0.1) is 0 Å². The Morgan fingerprint density at radius 2 is 1.96 bits per heavy atom. The molecule has 2 rings (SSSR count). The summed E-state index contributed by atoms with van der Waals surface area (Å²) in [5.41, 5.74) is 5.48. The highest BCUT2D eigenvalue weighted by Crippen LogP contribution is 2.20. The third-order valence-corrected chi connectivity index (χ3v) is 3.42. The molecule has 2 aromatic carbocycles. The Morgan fingerprint density at radius 1 is 1.22 bits per heavy atom. The van der Waals surface area contributed by atoms with Gasteiger partial charge in [-0.1, -0.05) is 30.3 Å². The highest BCUT2D eigenvalue weighted by Gasteiger charge is 2.10. The van der Waals surface area contributed by atoms with Gasteiger partial charge >= 0.3 is 0 Å². The van der Waals surface area contributed by atoms with E-state index < -0.39 is 0 Å². The zero-order valence-electron chi connectivity index (χ0n) is 13.2. The molecular weight excluding hydrogens is 316 g/mol. The van der Waals surface area contributed by atoms with E-state index in [0.29, 0.717) is 19.7 Å². The molecule has 3 N–H and O–H groups in total. The van der Waals surface area contributed by atoms with Crippen molar-refractivity contribution >= 4 is 29.1 Å². The van der Waals surface area contributed by atoms with Crippen molar-refractivity contribution in [3.8, 4) is 5.75 Å². The van der Waals surface area contributed by atoms with Gasteiger partial charge in [-0.3, -0.25) is 4.79 Å². The normalized spacial score (nSPS) is 11.6. The Balaban J connectivity index is 0.00000264. The molecule has 126 valence electrons. The van der Waals surface area contributed by atoms with Gasteiger partial charge in [-0.2, -0.15) is 0 Å². The largest absolute Gasteiger partial charge is 0.492 e. The molecule has 2 aromatic rings. The number of carbonyl (C=O) groups excluding carboxylic acids is 1. The number of carbonyl (C=O) groups is 1. The fourth-order valence-corrected chi connectivity index (χ4v) is 2.16. The molecule has 1 amide bonds. The number of amides is 1.